The van der Waals surface area contributed by atoms with Gasteiger partial charge in [-0.15, -0.1) is 0 Å². The van der Waals surface area contributed by atoms with Crippen LogP contribution in [-0.4, -0.2) is 26.8 Å². The van der Waals surface area contributed by atoms with Crippen molar-refractivity contribution in [3.05, 3.63) is 18.0 Å². The van der Waals surface area contributed by atoms with Crippen LogP contribution in [-0.2, 0) is 16.6 Å². The number of carbonyl (C=O) groups is 2. The summed E-state index contributed by atoms with van der Waals surface area (Å²) in [4.78, 5) is 22.9. The molecule has 2 rings (SSSR count). The van der Waals surface area contributed by atoms with Crippen LogP contribution >= 0.6 is 0 Å². The molecule has 1 atom stereocenters. The summed E-state index contributed by atoms with van der Waals surface area (Å²) in [6, 6.07) is -1.01. The van der Waals surface area contributed by atoms with E-state index in [1.165, 1.54) is 17.3 Å². The predicted molar refractivity (Wildman–Crippen MR) is 63.7 cm³/mol. The molecule has 0 spiro atoms. The SMILES string of the molecule is Cn1cc(C(NC(=O)CC2CCC2)C(=O)O)cn1. The van der Waals surface area contributed by atoms with Crippen molar-refractivity contribution in [3.8, 4) is 0 Å². The van der Waals surface area contributed by atoms with Crippen LogP contribution in [0.5, 0.6) is 0 Å². The van der Waals surface area contributed by atoms with Crippen molar-refractivity contribution in [1.29, 1.82) is 0 Å². The number of hydrogen-bond donors (Lipinski definition) is 2. The van der Waals surface area contributed by atoms with Gasteiger partial charge in [0.15, 0.2) is 6.04 Å². The number of amides is 1. The van der Waals surface area contributed by atoms with Gasteiger partial charge in [-0.2, -0.15) is 5.10 Å². The molecule has 6 heteroatoms. The van der Waals surface area contributed by atoms with Gasteiger partial charge in [0.25, 0.3) is 0 Å². The zero-order valence-electron chi connectivity index (χ0n) is 10.3. The van der Waals surface area contributed by atoms with Gasteiger partial charge in [-0.3, -0.25) is 9.48 Å². The minimum atomic E-state index is -1.06. The maximum absolute atomic E-state index is 11.7. The minimum absolute atomic E-state index is 0.198. The van der Waals surface area contributed by atoms with E-state index in [1.807, 2.05) is 0 Å². The average molecular weight is 251 g/mol. The number of nitrogens with zero attached hydrogens (tertiary/aromatic N) is 2. The monoisotopic (exact) mass is 251 g/mol. The lowest BCUT2D eigenvalue weighted by Gasteiger charge is -2.25. The molecule has 1 aromatic heterocycles. The van der Waals surface area contributed by atoms with Crippen LogP contribution < -0.4 is 5.32 Å². The van der Waals surface area contributed by atoms with Gasteiger partial charge in [0.2, 0.25) is 5.91 Å². The summed E-state index contributed by atoms with van der Waals surface area (Å²) in [7, 11) is 1.71. The van der Waals surface area contributed by atoms with E-state index in [4.69, 9.17) is 5.11 Å². The van der Waals surface area contributed by atoms with Gasteiger partial charge < -0.3 is 10.4 Å². The normalized spacial score (nSPS) is 16.9. The highest BCUT2D eigenvalue weighted by Gasteiger charge is 2.26. The van der Waals surface area contributed by atoms with Gasteiger partial charge in [0, 0.05) is 25.2 Å². The van der Waals surface area contributed by atoms with Crippen molar-refractivity contribution in [2.45, 2.75) is 31.7 Å². The van der Waals surface area contributed by atoms with Crippen molar-refractivity contribution < 1.29 is 14.7 Å². The Labute approximate surface area is 105 Å². The number of aliphatic carboxylic acids is 1. The Balaban J connectivity index is 1.97. The number of aryl methyl sites for hydroxylation is 1. The van der Waals surface area contributed by atoms with Gasteiger partial charge >= 0.3 is 5.97 Å². The Hall–Kier alpha value is -1.85. The zero-order valence-corrected chi connectivity index (χ0v) is 10.3. The summed E-state index contributed by atoms with van der Waals surface area (Å²) in [6.45, 7) is 0. The molecule has 1 fully saturated rings. The largest absolute Gasteiger partial charge is 0.479 e. The highest BCUT2D eigenvalue weighted by atomic mass is 16.4. The van der Waals surface area contributed by atoms with E-state index < -0.39 is 12.0 Å². The smallest absolute Gasteiger partial charge is 0.331 e. The van der Waals surface area contributed by atoms with Crippen LogP contribution in [0.2, 0.25) is 0 Å². The lowest BCUT2D eigenvalue weighted by molar-refractivity contribution is -0.142. The van der Waals surface area contributed by atoms with E-state index in [0.29, 0.717) is 17.9 Å². The molecular weight excluding hydrogens is 234 g/mol. The molecule has 2 N–H and O–H groups in total. The first-order chi connectivity index (χ1) is 8.56. The van der Waals surface area contributed by atoms with E-state index >= 15 is 0 Å². The fourth-order valence-electron chi connectivity index (χ4n) is 2.06. The number of carboxylic acids is 1. The molecule has 0 aromatic carbocycles. The first-order valence-electron chi connectivity index (χ1n) is 6.07. The third-order valence-corrected chi connectivity index (χ3v) is 3.31. The first kappa shape index (κ1) is 12.6. The zero-order chi connectivity index (χ0) is 13.1. The van der Waals surface area contributed by atoms with Crippen LogP contribution in [0.25, 0.3) is 0 Å². The van der Waals surface area contributed by atoms with Crippen molar-refractivity contribution in [2.75, 3.05) is 0 Å². The first-order valence-corrected chi connectivity index (χ1v) is 6.07. The van der Waals surface area contributed by atoms with E-state index in [9.17, 15) is 9.59 Å². The van der Waals surface area contributed by atoms with Crippen LogP contribution in [0.4, 0.5) is 0 Å². The Bertz CT molecular complexity index is 451. The summed E-state index contributed by atoms with van der Waals surface area (Å²) in [5, 5.41) is 15.6. The van der Waals surface area contributed by atoms with E-state index in [-0.39, 0.29) is 5.91 Å². The fourth-order valence-corrected chi connectivity index (χ4v) is 2.06. The Morgan fingerprint density at radius 1 is 1.61 bits per heavy atom. The quantitative estimate of drug-likeness (QED) is 0.812. The molecule has 98 valence electrons. The van der Waals surface area contributed by atoms with Crippen LogP contribution in [0.15, 0.2) is 12.4 Å². The van der Waals surface area contributed by atoms with Crippen LogP contribution in [0.3, 0.4) is 0 Å². The molecule has 1 amide bonds. The number of hydrogen-bond acceptors (Lipinski definition) is 3. The highest BCUT2D eigenvalue weighted by molar-refractivity contribution is 5.84. The molecule has 1 unspecified atom stereocenters. The Kier molecular flexibility index (Phi) is 3.64. The molecule has 0 aliphatic heterocycles. The molecular formula is C12H17N3O3. The lowest BCUT2D eigenvalue weighted by atomic mass is 9.83. The topological polar surface area (TPSA) is 84.2 Å². The number of rotatable bonds is 5. The van der Waals surface area contributed by atoms with E-state index in [1.54, 1.807) is 13.2 Å². The standard InChI is InChI=1S/C12H17N3O3/c1-15-7-9(6-13-15)11(12(17)18)14-10(16)5-8-3-2-4-8/h6-8,11H,2-5H2,1H3,(H,14,16)(H,17,18). The number of nitrogens with one attached hydrogen (secondary N) is 1. The van der Waals surface area contributed by atoms with Gasteiger partial charge in [0.05, 0.1) is 6.20 Å². The van der Waals surface area contributed by atoms with Crippen LogP contribution in [0, 0.1) is 5.92 Å². The minimum Gasteiger partial charge on any atom is -0.479 e. The van der Waals surface area contributed by atoms with Gasteiger partial charge in [-0.25, -0.2) is 4.79 Å². The summed E-state index contributed by atoms with van der Waals surface area (Å²) in [5.74, 6) is -0.839. The summed E-state index contributed by atoms with van der Waals surface area (Å²) < 4.78 is 1.52. The number of carboxylic acid groups (broad SMARTS) is 1. The van der Waals surface area contributed by atoms with Crippen molar-refractivity contribution >= 4 is 11.9 Å². The third-order valence-electron chi connectivity index (χ3n) is 3.31. The molecule has 1 saturated carbocycles. The van der Waals surface area contributed by atoms with Gasteiger partial charge in [-0.05, 0) is 18.8 Å². The van der Waals surface area contributed by atoms with Crippen molar-refractivity contribution in [3.63, 3.8) is 0 Å². The number of aromatic nitrogens is 2. The summed E-state index contributed by atoms with van der Waals surface area (Å²) in [6.07, 6.45) is 6.79. The molecule has 1 aliphatic rings. The molecule has 0 saturated heterocycles. The van der Waals surface area contributed by atoms with Crippen LogP contribution in [0.1, 0.15) is 37.3 Å². The average Bonchev–Trinajstić information content (AvgIpc) is 2.66. The molecule has 1 aromatic rings. The molecule has 1 aliphatic carbocycles. The van der Waals surface area contributed by atoms with Gasteiger partial charge in [-0.1, -0.05) is 6.42 Å². The van der Waals surface area contributed by atoms with E-state index in [2.05, 4.69) is 10.4 Å². The lowest BCUT2D eigenvalue weighted by Crippen LogP contribution is -2.35. The van der Waals surface area contributed by atoms with Crippen molar-refractivity contribution in [1.82, 2.24) is 15.1 Å². The maximum atomic E-state index is 11.7. The second kappa shape index (κ2) is 5.20. The molecule has 1 heterocycles. The fraction of sp³-hybridized carbons (Fsp3) is 0.583. The molecule has 18 heavy (non-hydrogen) atoms. The highest BCUT2D eigenvalue weighted by Crippen LogP contribution is 2.29. The van der Waals surface area contributed by atoms with Crippen molar-refractivity contribution in [2.24, 2.45) is 13.0 Å². The summed E-state index contributed by atoms with van der Waals surface area (Å²) in [5.41, 5.74) is 0.493. The second-order valence-electron chi connectivity index (χ2n) is 4.79. The van der Waals surface area contributed by atoms with E-state index in [0.717, 1.165) is 12.8 Å². The maximum Gasteiger partial charge on any atom is 0.331 e. The Morgan fingerprint density at radius 3 is 2.78 bits per heavy atom. The third kappa shape index (κ3) is 2.88. The molecule has 0 bridgehead atoms. The second-order valence-corrected chi connectivity index (χ2v) is 4.79. The predicted octanol–water partition coefficient (Wildman–Crippen LogP) is 0.852. The summed E-state index contributed by atoms with van der Waals surface area (Å²) >= 11 is 0. The molecule has 0 radical (unpaired) electrons. The number of carbonyl (C=O) groups excluding carboxylic acids is 1. The van der Waals surface area contributed by atoms with Gasteiger partial charge in [0.1, 0.15) is 0 Å². The Morgan fingerprint density at radius 2 is 2.33 bits per heavy atom. The molecule has 6 nitrogen and oxygen atoms in total.